The number of carbonyl (C=O) groups excluding carboxylic acids is 1. The van der Waals surface area contributed by atoms with Crippen LogP contribution in [0.3, 0.4) is 0 Å². The molecule has 5 nitrogen and oxygen atoms in total. The molecule has 0 bridgehead atoms. The van der Waals surface area contributed by atoms with Crippen molar-refractivity contribution in [3.05, 3.63) is 63.3 Å². The van der Waals surface area contributed by atoms with Gasteiger partial charge in [0.2, 0.25) is 0 Å². The van der Waals surface area contributed by atoms with Crippen molar-refractivity contribution in [2.75, 3.05) is 6.54 Å². The summed E-state index contributed by atoms with van der Waals surface area (Å²) in [5.41, 5.74) is 1.08. The van der Waals surface area contributed by atoms with Gasteiger partial charge in [0.1, 0.15) is 0 Å². The van der Waals surface area contributed by atoms with Gasteiger partial charge in [0.15, 0.2) is 0 Å². The smallest absolute Gasteiger partial charge is 0.253 e. The maximum atomic E-state index is 11.8. The average Bonchev–Trinajstić information content (AvgIpc) is 2.42. The van der Waals surface area contributed by atoms with Gasteiger partial charge in [-0.25, -0.2) is 4.98 Å². The number of halogens is 1. The number of aromatic nitrogens is 2. The van der Waals surface area contributed by atoms with E-state index < -0.39 is 0 Å². The second-order valence-corrected chi connectivity index (χ2v) is 4.76. The fourth-order valence-electron chi connectivity index (χ4n) is 1.68. The Bertz CT molecular complexity index is 665. The van der Waals surface area contributed by atoms with Crippen LogP contribution in [0.15, 0.2) is 41.5 Å². The van der Waals surface area contributed by atoms with Crippen LogP contribution < -0.4 is 10.9 Å². The molecule has 0 radical (unpaired) electrons. The summed E-state index contributed by atoms with van der Waals surface area (Å²) in [5.74, 6) is -0.199. The Labute approximate surface area is 121 Å². The number of amides is 1. The first-order valence-electron chi connectivity index (χ1n) is 6.13. The molecule has 0 fully saturated rings. The molecule has 1 heterocycles. The van der Waals surface area contributed by atoms with E-state index in [2.05, 4.69) is 10.3 Å². The van der Waals surface area contributed by atoms with E-state index in [1.807, 2.05) is 0 Å². The van der Waals surface area contributed by atoms with E-state index in [1.54, 1.807) is 31.2 Å². The third-order valence-electron chi connectivity index (χ3n) is 2.76. The van der Waals surface area contributed by atoms with E-state index in [1.165, 1.54) is 17.0 Å². The van der Waals surface area contributed by atoms with Crippen molar-refractivity contribution in [1.29, 1.82) is 0 Å². The minimum atomic E-state index is -0.199. The van der Waals surface area contributed by atoms with Crippen molar-refractivity contribution in [1.82, 2.24) is 14.9 Å². The number of hydrogen-bond acceptors (Lipinski definition) is 3. The van der Waals surface area contributed by atoms with Gasteiger partial charge in [-0.15, -0.1) is 0 Å². The van der Waals surface area contributed by atoms with Crippen LogP contribution in [-0.4, -0.2) is 22.0 Å². The zero-order valence-corrected chi connectivity index (χ0v) is 11.7. The van der Waals surface area contributed by atoms with Crippen LogP contribution in [0.2, 0.25) is 5.02 Å². The number of nitrogens with zero attached hydrogens (tertiary/aromatic N) is 2. The lowest BCUT2D eigenvalue weighted by Crippen LogP contribution is -2.30. The van der Waals surface area contributed by atoms with Crippen LogP contribution in [-0.2, 0) is 6.54 Å². The molecule has 0 aliphatic rings. The van der Waals surface area contributed by atoms with Gasteiger partial charge >= 0.3 is 0 Å². The lowest BCUT2D eigenvalue weighted by molar-refractivity contribution is 0.0952. The van der Waals surface area contributed by atoms with Crippen LogP contribution in [0.4, 0.5) is 0 Å². The normalized spacial score (nSPS) is 10.3. The van der Waals surface area contributed by atoms with Gasteiger partial charge in [-0.1, -0.05) is 11.6 Å². The maximum absolute atomic E-state index is 11.8. The molecule has 0 atom stereocenters. The summed E-state index contributed by atoms with van der Waals surface area (Å²) in [5, 5.41) is 3.32. The van der Waals surface area contributed by atoms with Crippen LogP contribution >= 0.6 is 11.6 Å². The molecule has 1 N–H and O–H groups in total. The summed E-state index contributed by atoms with van der Waals surface area (Å²) in [6, 6.07) is 8.07. The molecule has 0 saturated carbocycles. The number of benzene rings is 1. The third-order valence-corrected chi connectivity index (χ3v) is 3.01. The van der Waals surface area contributed by atoms with Crippen molar-refractivity contribution in [3.8, 4) is 0 Å². The molecule has 6 heteroatoms. The van der Waals surface area contributed by atoms with Gasteiger partial charge < -0.3 is 5.32 Å². The minimum absolute atomic E-state index is 0.127. The molecule has 1 aromatic heterocycles. The number of hydrogen-bond donors (Lipinski definition) is 1. The Hall–Kier alpha value is -2.14. The van der Waals surface area contributed by atoms with Crippen molar-refractivity contribution in [2.24, 2.45) is 0 Å². The topological polar surface area (TPSA) is 64.0 Å². The van der Waals surface area contributed by atoms with E-state index in [0.29, 0.717) is 29.4 Å². The third kappa shape index (κ3) is 3.68. The molecule has 0 saturated heterocycles. The number of rotatable bonds is 4. The summed E-state index contributed by atoms with van der Waals surface area (Å²) in [4.78, 5) is 27.5. The molecule has 20 heavy (non-hydrogen) atoms. The number of nitrogens with one attached hydrogen (secondary N) is 1. The molecule has 2 rings (SSSR count). The Morgan fingerprint density at radius 2 is 2.05 bits per heavy atom. The second-order valence-electron chi connectivity index (χ2n) is 4.32. The Morgan fingerprint density at radius 3 is 2.70 bits per heavy atom. The molecule has 2 aromatic rings. The van der Waals surface area contributed by atoms with E-state index in [-0.39, 0.29) is 11.5 Å². The van der Waals surface area contributed by atoms with Gasteiger partial charge in [0, 0.05) is 35.4 Å². The Balaban J connectivity index is 1.91. The van der Waals surface area contributed by atoms with Crippen LogP contribution in [0.25, 0.3) is 0 Å². The van der Waals surface area contributed by atoms with E-state index in [0.717, 1.165) is 0 Å². The molecule has 0 spiro atoms. The summed E-state index contributed by atoms with van der Waals surface area (Å²) in [6.07, 6.45) is 1.48. The minimum Gasteiger partial charge on any atom is -0.350 e. The molecular weight excluding hydrogens is 278 g/mol. The zero-order valence-electron chi connectivity index (χ0n) is 11.0. The van der Waals surface area contributed by atoms with Crippen LogP contribution in [0.1, 0.15) is 16.1 Å². The lowest BCUT2D eigenvalue weighted by Gasteiger charge is -2.07. The SMILES string of the molecule is Cc1cc(=O)n(CCNC(=O)c2ccc(Cl)cc2)cn1. The number of carbonyl (C=O) groups is 1. The molecule has 104 valence electrons. The van der Waals surface area contributed by atoms with E-state index in [4.69, 9.17) is 11.6 Å². The van der Waals surface area contributed by atoms with E-state index in [9.17, 15) is 9.59 Å². The fraction of sp³-hybridized carbons (Fsp3) is 0.214. The lowest BCUT2D eigenvalue weighted by atomic mass is 10.2. The Morgan fingerprint density at radius 1 is 1.35 bits per heavy atom. The van der Waals surface area contributed by atoms with Crippen molar-refractivity contribution in [2.45, 2.75) is 13.5 Å². The van der Waals surface area contributed by atoms with Crippen molar-refractivity contribution < 1.29 is 4.79 Å². The Kier molecular flexibility index (Phi) is 4.53. The highest BCUT2D eigenvalue weighted by atomic mass is 35.5. The van der Waals surface area contributed by atoms with Crippen LogP contribution in [0.5, 0.6) is 0 Å². The van der Waals surface area contributed by atoms with E-state index >= 15 is 0 Å². The van der Waals surface area contributed by atoms with Gasteiger partial charge in [0.05, 0.1) is 6.33 Å². The standard InChI is InChI=1S/C14H14ClN3O2/c1-10-8-13(19)18(9-17-10)7-6-16-14(20)11-2-4-12(15)5-3-11/h2-5,8-9H,6-7H2,1H3,(H,16,20). The summed E-state index contributed by atoms with van der Waals surface area (Å²) in [7, 11) is 0. The predicted molar refractivity (Wildman–Crippen MR) is 77.0 cm³/mol. The zero-order chi connectivity index (χ0) is 14.5. The molecule has 0 aliphatic carbocycles. The summed E-state index contributed by atoms with van der Waals surface area (Å²) >= 11 is 5.75. The van der Waals surface area contributed by atoms with Crippen molar-refractivity contribution in [3.63, 3.8) is 0 Å². The second kappa shape index (κ2) is 6.34. The first-order valence-corrected chi connectivity index (χ1v) is 6.51. The molecule has 0 unspecified atom stereocenters. The molecule has 1 amide bonds. The fourth-order valence-corrected chi connectivity index (χ4v) is 1.80. The largest absolute Gasteiger partial charge is 0.350 e. The highest BCUT2D eigenvalue weighted by molar-refractivity contribution is 6.30. The first kappa shape index (κ1) is 14.3. The first-order chi connectivity index (χ1) is 9.56. The average molecular weight is 292 g/mol. The predicted octanol–water partition coefficient (Wildman–Crippen LogP) is 1.64. The highest BCUT2D eigenvalue weighted by Gasteiger charge is 2.04. The highest BCUT2D eigenvalue weighted by Crippen LogP contribution is 2.09. The van der Waals surface area contributed by atoms with Crippen LogP contribution in [0, 0.1) is 6.92 Å². The van der Waals surface area contributed by atoms with Gasteiger partial charge in [-0.05, 0) is 31.2 Å². The summed E-state index contributed by atoms with van der Waals surface area (Å²) < 4.78 is 1.45. The van der Waals surface area contributed by atoms with Gasteiger partial charge in [0.25, 0.3) is 11.5 Å². The monoisotopic (exact) mass is 291 g/mol. The quantitative estimate of drug-likeness (QED) is 0.931. The van der Waals surface area contributed by atoms with Gasteiger partial charge in [-0.2, -0.15) is 0 Å². The summed E-state index contributed by atoms with van der Waals surface area (Å²) in [6.45, 7) is 2.49. The molecule has 1 aromatic carbocycles. The molecular formula is C14H14ClN3O2. The molecule has 0 aliphatic heterocycles. The number of aryl methyl sites for hydroxylation is 1. The maximum Gasteiger partial charge on any atom is 0.253 e. The van der Waals surface area contributed by atoms with Crippen molar-refractivity contribution >= 4 is 17.5 Å². The van der Waals surface area contributed by atoms with Gasteiger partial charge in [-0.3, -0.25) is 14.2 Å².